The molecule has 0 spiro atoms. The third-order valence-corrected chi connectivity index (χ3v) is 4.21. The highest BCUT2D eigenvalue weighted by molar-refractivity contribution is 5.97. The number of nitriles is 1. The van der Waals surface area contributed by atoms with Crippen LogP contribution in [-0.4, -0.2) is 25.2 Å². The smallest absolute Gasteiger partial charge is 0.263 e. The lowest BCUT2D eigenvalue weighted by Crippen LogP contribution is -2.32. The number of anilines is 3. The van der Waals surface area contributed by atoms with Gasteiger partial charge in [-0.05, 0) is 49.2 Å². The van der Waals surface area contributed by atoms with Crippen LogP contribution in [-0.2, 0) is 9.53 Å². The van der Waals surface area contributed by atoms with E-state index in [4.69, 9.17) is 4.74 Å². The van der Waals surface area contributed by atoms with E-state index in [0.717, 1.165) is 36.5 Å². The maximum absolute atomic E-state index is 12.1. The van der Waals surface area contributed by atoms with E-state index in [1.54, 1.807) is 0 Å². The van der Waals surface area contributed by atoms with Crippen LogP contribution in [0.5, 0.6) is 0 Å². The normalized spacial score (nSPS) is 16.4. The lowest BCUT2D eigenvalue weighted by Gasteiger charge is -2.10. The Kier molecular flexibility index (Phi) is 6.45. The first-order valence-corrected chi connectivity index (χ1v) is 8.93. The van der Waals surface area contributed by atoms with Gasteiger partial charge in [0.1, 0.15) is 11.6 Å². The number of hydrogen-bond donors (Lipinski definition) is 3. The van der Waals surface area contributed by atoms with Gasteiger partial charge in [-0.15, -0.1) is 0 Å². The van der Waals surface area contributed by atoms with Crippen molar-refractivity contribution in [1.82, 2.24) is 5.32 Å². The first kappa shape index (κ1) is 18.5. The zero-order valence-electron chi connectivity index (χ0n) is 14.9. The second-order valence-corrected chi connectivity index (χ2v) is 6.23. The van der Waals surface area contributed by atoms with Crippen LogP contribution in [0.4, 0.5) is 17.1 Å². The van der Waals surface area contributed by atoms with Crippen molar-refractivity contribution in [2.45, 2.75) is 18.9 Å². The first-order chi connectivity index (χ1) is 13.2. The number of rotatable bonds is 7. The summed E-state index contributed by atoms with van der Waals surface area (Å²) in [6.07, 6.45) is 3.42. The van der Waals surface area contributed by atoms with E-state index < -0.39 is 5.91 Å². The van der Waals surface area contributed by atoms with Gasteiger partial charge in [0.25, 0.3) is 5.91 Å². The van der Waals surface area contributed by atoms with Crippen molar-refractivity contribution in [2.75, 3.05) is 23.8 Å². The second kappa shape index (κ2) is 9.41. The molecule has 2 aromatic rings. The largest absolute Gasteiger partial charge is 0.376 e. The Balaban J connectivity index is 1.53. The third-order valence-electron chi connectivity index (χ3n) is 4.21. The number of para-hydroxylation sites is 1. The molecule has 6 nitrogen and oxygen atoms in total. The zero-order valence-corrected chi connectivity index (χ0v) is 14.9. The molecule has 1 unspecified atom stereocenters. The lowest BCUT2D eigenvalue weighted by molar-refractivity contribution is -0.117. The van der Waals surface area contributed by atoms with Crippen molar-refractivity contribution >= 4 is 23.0 Å². The molecular weight excluding hydrogens is 340 g/mol. The molecule has 1 atom stereocenters. The predicted octanol–water partition coefficient (Wildman–Crippen LogP) is 3.54. The monoisotopic (exact) mass is 362 g/mol. The van der Waals surface area contributed by atoms with Gasteiger partial charge in [-0.3, -0.25) is 4.79 Å². The number of nitrogens with zero attached hydrogens (tertiary/aromatic N) is 1. The van der Waals surface area contributed by atoms with E-state index in [2.05, 4.69) is 16.0 Å². The predicted molar refractivity (Wildman–Crippen MR) is 105 cm³/mol. The number of ether oxygens (including phenoxy) is 1. The maximum Gasteiger partial charge on any atom is 0.263 e. The van der Waals surface area contributed by atoms with Crippen molar-refractivity contribution < 1.29 is 9.53 Å². The molecule has 1 aliphatic rings. The van der Waals surface area contributed by atoms with Crippen molar-refractivity contribution in [3.05, 3.63) is 66.4 Å². The van der Waals surface area contributed by atoms with E-state index in [-0.39, 0.29) is 11.7 Å². The molecule has 0 bridgehead atoms. The Morgan fingerprint density at radius 2 is 1.81 bits per heavy atom. The molecule has 1 saturated heterocycles. The highest BCUT2D eigenvalue weighted by Crippen LogP contribution is 2.18. The summed E-state index contributed by atoms with van der Waals surface area (Å²) in [4.78, 5) is 12.1. The summed E-state index contributed by atoms with van der Waals surface area (Å²) in [6, 6.07) is 19.4. The van der Waals surface area contributed by atoms with Crippen LogP contribution >= 0.6 is 0 Å². The molecule has 6 heteroatoms. The lowest BCUT2D eigenvalue weighted by atomic mass is 10.2. The summed E-state index contributed by atoms with van der Waals surface area (Å²) in [6.45, 7) is 1.16. The molecule has 1 heterocycles. The number of amides is 1. The van der Waals surface area contributed by atoms with Gasteiger partial charge in [0.05, 0.1) is 6.10 Å². The Labute approximate surface area is 158 Å². The molecule has 2 aromatic carbocycles. The molecule has 1 amide bonds. The Hall–Kier alpha value is -3.30. The van der Waals surface area contributed by atoms with Gasteiger partial charge >= 0.3 is 0 Å². The number of nitrogens with one attached hydrogen (secondary N) is 3. The van der Waals surface area contributed by atoms with Crippen LogP contribution in [0, 0.1) is 11.3 Å². The number of carbonyl (C=O) groups is 1. The number of hydrogen-bond acceptors (Lipinski definition) is 5. The quantitative estimate of drug-likeness (QED) is 0.518. The first-order valence-electron chi connectivity index (χ1n) is 8.93. The van der Waals surface area contributed by atoms with Gasteiger partial charge in [-0.25, -0.2) is 0 Å². The molecule has 27 heavy (non-hydrogen) atoms. The molecule has 1 aliphatic heterocycles. The Morgan fingerprint density at radius 3 is 2.48 bits per heavy atom. The average Bonchev–Trinajstić information content (AvgIpc) is 3.22. The number of benzene rings is 2. The summed E-state index contributed by atoms with van der Waals surface area (Å²) < 4.78 is 5.46. The average molecular weight is 362 g/mol. The van der Waals surface area contributed by atoms with E-state index in [1.165, 1.54) is 6.20 Å². The van der Waals surface area contributed by atoms with Crippen molar-refractivity contribution in [2.24, 2.45) is 0 Å². The zero-order chi connectivity index (χ0) is 18.9. The minimum absolute atomic E-state index is 0.0273. The van der Waals surface area contributed by atoms with Crippen LogP contribution in [0.2, 0.25) is 0 Å². The second-order valence-electron chi connectivity index (χ2n) is 6.23. The number of carbonyl (C=O) groups excluding carboxylic acids is 1. The summed E-state index contributed by atoms with van der Waals surface area (Å²) >= 11 is 0. The van der Waals surface area contributed by atoms with Crippen molar-refractivity contribution in [3.63, 3.8) is 0 Å². The summed E-state index contributed by atoms with van der Waals surface area (Å²) in [5.41, 5.74) is 2.77. The topological polar surface area (TPSA) is 86.2 Å². The molecule has 0 aliphatic carbocycles. The van der Waals surface area contributed by atoms with Crippen LogP contribution in [0.25, 0.3) is 0 Å². The highest BCUT2D eigenvalue weighted by atomic mass is 16.5. The van der Waals surface area contributed by atoms with Crippen LogP contribution in [0.1, 0.15) is 12.8 Å². The van der Waals surface area contributed by atoms with Gasteiger partial charge in [0, 0.05) is 36.4 Å². The summed E-state index contributed by atoms with van der Waals surface area (Å²) in [5, 5.41) is 18.2. The van der Waals surface area contributed by atoms with Crippen molar-refractivity contribution in [1.29, 1.82) is 5.26 Å². The van der Waals surface area contributed by atoms with Gasteiger partial charge in [-0.1, -0.05) is 18.2 Å². The fraction of sp³-hybridized carbons (Fsp3) is 0.238. The van der Waals surface area contributed by atoms with Crippen molar-refractivity contribution in [3.8, 4) is 6.07 Å². The van der Waals surface area contributed by atoms with Gasteiger partial charge in [0.15, 0.2) is 0 Å². The molecule has 1 fully saturated rings. The maximum atomic E-state index is 12.1. The molecule has 3 N–H and O–H groups in total. The fourth-order valence-electron chi connectivity index (χ4n) is 2.75. The third kappa shape index (κ3) is 5.59. The van der Waals surface area contributed by atoms with E-state index in [1.807, 2.05) is 60.7 Å². The minimum Gasteiger partial charge on any atom is -0.376 e. The van der Waals surface area contributed by atoms with E-state index in [9.17, 15) is 10.1 Å². The Bertz CT molecular complexity index is 820. The van der Waals surface area contributed by atoms with Gasteiger partial charge in [0.2, 0.25) is 0 Å². The molecule has 0 radical (unpaired) electrons. The molecule has 138 valence electrons. The molecule has 0 saturated carbocycles. The highest BCUT2D eigenvalue weighted by Gasteiger charge is 2.17. The molecular formula is C21H22N4O2. The van der Waals surface area contributed by atoms with Crippen LogP contribution < -0.4 is 16.0 Å². The van der Waals surface area contributed by atoms with Crippen LogP contribution in [0.3, 0.4) is 0 Å². The Morgan fingerprint density at radius 1 is 1.11 bits per heavy atom. The SMILES string of the molecule is N#C/C(=C/Nc1ccc(Nc2ccccc2)cc1)C(=O)NCC1CCCO1. The molecule has 3 rings (SSSR count). The van der Waals surface area contributed by atoms with Gasteiger partial charge in [-0.2, -0.15) is 5.26 Å². The standard InChI is InChI=1S/C21H22N4O2/c22-13-16(21(26)24-15-20-7-4-12-27-20)14-23-17-8-10-19(11-9-17)25-18-5-2-1-3-6-18/h1-3,5-6,8-11,14,20,23,25H,4,7,12,15H2,(H,24,26)/b16-14-. The van der Waals surface area contributed by atoms with E-state index in [0.29, 0.717) is 6.54 Å². The minimum atomic E-state index is -0.400. The van der Waals surface area contributed by atoms with E-state index >= 15 is 0 Å². The summed E-state index contributed by atoms with van der Waals surface area (Å²) in [7, 11) is 0. The molecule has 0 aromatic heterocycles. The fourth-order valence-corrected chi connectivity index (χ4v) is 2.75. The van der Waals surface area contributed by atoms with Crippen LogP contribution in [0.15, 0.2) is 66.4 Å². The van der Waals surface area contributed by atoms with Gasteiger partial charge < -0.3 is 20.7 Å². The summed E-state index contributed by atoms with van der Waals surface area (Å²) in [5.74, 6) is -0.400.